The number of nitrogens with one attached hydrogen (secondary N) is 1. The molecule has 0 heterocycles. The van der Waals surface area contributed by atoms with Crippen LogP contribution in [0.3, 0.4) is 0 Å². The van der Waals surface area contributed by atoms with E-state index in [9.17, 15) is 12.8 Å². The van der Waals surface area contributed by atoms with Gasteiger partial charge < -0.3 is 5.11 Å². The van der Waals surface area contributed by atoms with Crippen molar-refractivity contribution in [3.05, 3.63) is 29.6 Å². The van der Waals surface area contributed by atoms with E-state index in [1.54, 1.807) is 0 Å². The summed E-state index contributed by atoms with van der Waals surface area (Å²) in [6.07, 6.45) is 1.01. The van der Waals surface area contributed by atoms with E-state index in [0.29, 0.717) is 23.9 Å². The highest BCUT2D eigenvalue weighted by Crippen LogP contribution is 2.37. The number of aliphatic hydroxyl groups excluding tert-OH is 1. The van der Waals surface area contributed by atoms with Gasteiger partial charge in [0.25, 0.3) is 0 Å². The van der Waals surface area contributed by atoms with Crippen LogP contribution < -0.4 is 4.72 Å². The minimum atomic E-state index is -3.80. The molecule has 1 aliphatic rings. The molecule has 0 amide bonds. The molecule has 0 bridgehead atoms. The van der Waals surface area contributed by atoms with Gasteiger partial charge in [0, 0.05) is 6.54 Å². The zero-order chi connectivity index (χ0) is 13.3. The van der Waals surface area contributed by atoms with Gasteiger partial charge in [-0.15, -0.1) is 0 Å². The number of benzene rings is 1. The van der Waals surface area contributed by atoms with Crippen molar-refractivity contribution >= 4 is 10.0 Å². The molecule has 0 spiro atoms. The van der Waals surface area contributed by atoms with Crippen LogP contribution in [0.15, 0.2) is 23.1 Å². The summed E-state index contributed by atoms with van der Waals surface area (Å²) in [7, 11) is -3.80. The molecule has 2 unspecified atom stereocenters. The maximum absolute atomic E-state index is 13.6. The molecule has 2 atom stereocenters. The molecule has 1 aliphatic carbocycles. The third-order valence-corrected chi connectivity index (χ3v) is 4.74. The number of aliphatic hydroxyl groups is 1. The first-order valence-corrected chi connectivity index (χ1v) is 7.31. The summed E-state index contributed by atoms with van der Waals surface area (Å²) < 4.78 is 39.8. The lowest BCUT2D eigenvalue weighted by atomic mass is 10.2. The quantitative estimate of drug-likeness (QED) is 0.848. The molecule has 0 radical (unpaired) electrons. The first-order valence-electron chi connectivity index (χ1n) is 5.83. The molecular formula is C12H16FNO3S. The topological polar surface area (TPSA) is 66.4 Å². The van der Waals surface area contributed by atoms with Gasteiger partial charge in [-0.2, -0.15) is 0 Å². The van der Waals surface area contributed by atoms with Gasteiger partial charge in [0.05, 0.1) is 6.61 Å². The predicted octanol–water partition coefficient (Wildman–Crippen LogP) is 1.25. The maximum atomic E-state index is 13.6. The van der Waals surface area contributed by atoms with Gasteiger partial charge in [0.2, 0.25) is 10.0 Å². The second-order valence-electron chi connectivity index (χ2n) is 4.75. The average molecular weight is 273 g/mol. The predicted molar refractivity (Wildman–Crippen MR) is 64.8 cm³/mol. The number of halogens is 1. The van der Waals surface area contributed by atoms with Crippen LogP contribution >= 0.6 is 0 Å². The van der Waals surface area contributed by atoms with Gasteiger partial charge in [-0.3, -0.25) is 0 Å². The van der Waals surface area contributed by atoms with Crippen LogP contribution in [0.5, 0.6) is 0 Å². The summed E-state index contributed by atoms with van der Waals surface area (Å²) in [5.41, 5.74) is 0.349. The molecule has 1 aromatic carbocycles. The molecule has 1 saturated carbocycles. The van der Waals surface area contributed by atoms with E-state index < -0.39 is 15.8 Å². The molecular weight excluding hydrogens is 257 g/mol. The van der Waals surface area contributed by atoms with Crippen LogP contribution in [-0.2, 0) is 16.6 Å². The van der Waals surface area contributed by atoms with Crippen LogP contribution in [0.1, 0.15) is 18.9 Å². The average Bonchev–Trinajstić information content (AvgIpc) is 3.02. The van der Waals surface area contributed by atoms with Crippen molar-refractivity contribution in [2.24, 2.45) is 11.8 Å². The molecule has 1 fully saturated rings. The van der Waals surface area contributed by atoms with Crippen molar-refractivity contribution in [1.29, 1.82) is 0 Å². The molecule has 18 heavy (non-hydrogen) atoms. The second-order valence-corrected chi connectivity index (χ2v) is 6.48. The third kappa shape index (κ3) is 2.88. The number of hydrogen-bond acceptors (Lipinski definition) is 3. The van der Waals surface area contributed by atoms with E-state index in [-0.39, 0.29) is 11.5 Å². The van der Waals surface area contributed by atoms with Crippen LogP contribution in [0.25, 0.3) is 0 Å². The van der Waals surface area contributed by atoms with Gasteiger partial charge in [-0.1, -0.05) is 13.0 Å². The Morgan fingerprint density at radius 2 is 2.17 bits per heavy atom. The van der Waals surface area contributed by atoms with Crippen LogP contribution in [0.4, 0.5) is 4.39 Å². The van der Waals surface area contributed by atoms with E-state index in [1.807, 2.05) is 0 Å². The van der Waals surface area contributed by atoms with Crippen molar-refractivity contribution in [1.82, 2.24) is 4.72 Å². The first-order chi connectivity index (χ1) is 8.44. The molecule has 0 saturated heterocycles. The fourth-order valence-electron chi connectivity index (χ4n) is 1.84. The van der Waals surface area contributed by atoms with E-state index in [2.05, 4.69) is 11.6 Å². The lowest BCUT2D eigenvalue weighted by Gasteiger charge is -2.08. The minimum Gasteiger partial charge on any atom is -0.392 e. The van der Waals surface area contributed by atoms with Gasteiger partial charge in [-0.25, -0.2) is 17.5 Å². The second kappa shape index (κ2) is 4.95. The van der Waals surface area contributed by atoms with Crippen molar-refractivity contribution < 1.29 is 17.9 Å². The Labute approximate surface area is 106 Å². The van der Waals surface area contributed by atoms with Crippen LogP contribution in [0.2, 0.25) is 0 Å². The highest BCUT2D eigenvalue weighted by molar-refractivity contribution is 7.89. The van der Waals surface area contributed by atoms with Gasteiger partial charge >= 0.3 is 0 Å². The standard InChI is InChI=1S/C12H16FNO3S/c1-8-4-10(8)6-14-18(16,17)12-3-2-9(7-15)5-11(12)13/h2-3,5,8,10,14-15H,4,6-7H2,1H3. The number of rotatable bonds is 5. The number of hydrogen-bond donors (Lipinski definition) is 2. The third-order valence-electron chi connectivity index (χ3n) is 3.28. The highest BCUT2D eigenvalue weighted by Gasteiger charge is 2.33. The van der Waals surface area contributed by atoms with Gasteiger partial charge in [0.1, 0.15) is 10.7 Å². The normalized spacial score (nSPS) is 23.1. The summed E-state index contributed by atoms with van der Waals surface area (Å²) in [6, 6.07) is 3.62. The van der Waals surface area contributed by atoms with Crippen molar-refractivity contribution in [2.75, 3.05) is 6.54 Å². The maximum Gasteiger partial charge on any atom is 0.243 e. The molecule has 100 valence electrons. The fourth-order valence-corrected chi connectivity index (χ4v) is 2.99. The summed E-state index contributed by atoms with van der Waals surface area (Å²) in [6.45, 7) is 2.09. The lowest BCUT2D eigenvalue weighted by molar-refractivity contribution is 0.281. The molecule has 0 aromatic heterocycles. The zero-order valence-electron chi connectivity index (χ0n) is 10.1. The summed E-state index contributed by atoms with van der Waals surface area (Å²) in [4.78, 5) is -0.368. The van der Waals surface area contributed by atoms with Gasteiger partial charge in [0.15, 0.2) is 0 Å². The Hall–Kier alpha value is -0.980. The van der Waals surface area contributed by atoms with E-state index >= 15 is 0 Å². The molecule has 0 aliphatic heterocycles. The fraction of sp³-hybridized carbons (Fsp3) is 0.500. The largest absolute Gasteiger partial charge is 0.392 e. The summed E-state index contributed by atoms with van der Waals surface area (Å²) >= 11 is 0. The van der Waals surface area contributed by atoms with E-state index in [4.69, 9.17) is 5.11 Å². The Morgan fingerprint density at radius 3 is 2.67 bits per heavy atom. The molecule has 6 heteroatoms. The summed E-state index contributed by atoms with van der Waals surface area (Å²) in [5.74, 6) is 0.0618. The van der Waals surface area contributed by atoms with Gasteiger partial charge in [-0.05, 0) is 36.0 Å². The molecule has 2 N–H and O–H groups in total. The molecule has 2 rings (SSSR count). The Balaban J connectivity index is 2.13. The lowest BCUT2D eigenvalue weighted by Crippen LogP contribution is -2.27. The van der Waals surface area contributed by atoms with Crippen molar-refractivity contribution in [3.8, 4) is 0 Å². The highest BCUT2D eigenvalue weighted by atomic mass is 32.2. The number of sulfonamides is 1. The van der Waals surface area contributed by atoms with E-state index in [0.717, 1.165) is 12.5 Å². The zero-order valence-corrected chi connectivity index (χ0v) is 10.9. The van der Waals surface area contributed by atoms with Crippen LogP contribution in [-0.4, -0.2) is 20.1 Å². The molecule has 4 nitrogen and oxygen atoms in total. The Bertz CT molecular complexity index is 544. The summed E-state index contributed by atoms with van der Waals surface area (Å²) in [5, 5.41) is 8.84. The monoisotopic (exact) mass is 273 g/mol. The molecule has 1 aromatic rings. The van der Waals surface area contributed by atoms with Crippen molar-refractivity contribution in [2.45, 2.75) is 24.8 Å². The van der Waals surface area contributed by atoms with E-state index in [1.165, 1.54) is 12.1 Å². The minimum absolute atomic E-state index is 0.315. The SMILES string of the molecule is CC1CC1CNS(=O)(=O)c1ccc(CO)cc1F. The Kier molecular flexibility index (Phi) is 3.70. The van der Waals surface area contributed by atoms with Crippen molar-refractivity contribution in [3.63, 3.8) is 0 Å². The first kappa shape index (κ1) is 13.5. The Morgan fingerprint density at radius 1 is 1.50 bits per heavy atom. The smallest absolute Gasteiger partial charge is 0.243 e. The van der Waals surface area contributed by atoms with Crippen LogP contribution in [0, 0.1) is 17.7 Å².